The topological polar surface area (TPSA) is 16.4 Å². The molecule has 8 aromatic carbocycles. The number of rotatable bonds is 10. The summed E-state index contributed by atoms with van der Waals surface area (Å²) in [6, 6.07) is 70.8. The monoisotopic (exact) mass is 757 g/mol. The Bertz CT molecular complexity index is 3020. The smallest absolute Gasteiger partial charge is 0.135 e. The van der Waals surface area contributed by atoms with Crippen molar-refractivity contribution in [2.24, 2.45) is 0 Å². The molecule has 1 aliphatic rings. The number of furan rings is 1. The van der Waals surface area contributed by atoms with Gasteiger partial charge in [0.15, 0.2) is 0 Å². The molecule has 0 spiro atoms. The van der Waals surface area contributed by atoms with Crippen LogP contribution in [0.5, 0.6) is 0 Å². The molecule has 0 aliphatic heterocycles. The second-order valence-corrected chi connectivity index (χ2v) is 15.3. The molecule has 0 saturated heterocycles. The van der Waals surface area contributed by atoms with Gasteiger partial charge in [0.25, 0.3) is 0 Å². The summed E-state index contributed by atoms with van der Waals surface area (Å²) in [6.07, 6.45) is 8.98. The van der Waals surface area contributed by atoms with Crippen molar-refractivity contribution < 1.29 is 4.42 Å². The zero-order chi connectivity index (χ0) is 39.8. The van der Waals surface area contributed by atoms with E-state index in [1.165, 1.54) is 44.5 Å². The minimum atomic E-state index is -0.513. The molecule has 282 valence electrons. The van der Waals surface area contributed by atoms with Crippen LogP contribution >= 0.6 is 0 Å². The Morgan fingerprint density at radius 2 is 1.19 bits per heavy atom. The van der Waals surface area contributed by atoms with Crippen LogP contribution < -0.4 is 4.90 Å². The normalized spacial score (nSPS) is 13.1. The van der Waals surface area contributed by atoms with Crippen LogP contribution in [-0.2, 0) is 11.8 Å². The number of allylic oxidation sites excluding steroid dienone is 5. The van der Waals surface area contributed by atoms with Gasteiger partial charge in [-0.1, -0.05) is 170 Å². The van der Waals surface area contributed by atoms with E-state index in [4.69, 9.17) is 4.42 Å². The zero-order valence-electron chi connectivity index (χ0n) is 33.1. The van der Waals surface area contributed by atoms with Crippen molar-refractivity contribution in [3.63, 3.8) is 0 Å². The molecule has 0 unspecified atom stereocenters. The van der Waals surface area contributed by atoms with Crippen molar-refractivity contribution in [2.45, 2.75) is 18.8 Å². The van der Waals surface area contributed by atoms with Crippen molar-refractivity contribution in [1.82, 2.24) is 0 Å². The standard InChI is InChI=1S/C57H43NO/c1-3-5-18-40(4-2)35-41-19-16-25-46(36-41)58(47-26-17-20-42(37-47)43-31-34-56-52(38-43)51-28-13-15-30-55(51)59-56)48-32-33-50-49-27-12-14-29-53(49)57(54(50)39-48,44-21-8-6-9-22-44)45-23-10-7-11-24-45/h3-34,36-39H,1,35H2,2H3/b18-5-,40-4+. The number of benzene rings is 8. The molecule has 0 atom stereocenters. The van der Waals surface area contributed by atoms with Crippen LogP contribution in [0.1, 0.15) is 34.7 Å². The fraction of sp³-hybridized carbons (Fsp3) is 0.0526. The first-order valence-electron chi connectivity index (χ1n) is 20.4. The SMILES string of the molecule is C=C/C=C\C(=C/C)Cc1cccc(N(c2cccc(-c3ccc4oc5ccccc5c4c3)c2)c2ccc3c(c2)C(c2ccccc2)(c2ccccc2)c2ccccc2-3)c1. The van der Waals surface area contributed by atoms with Gasteiger partial charge in [-0.05, 0) is 124 Å². The first-order valence-corrected chi connectivity index (χ1v) is 20.4. The first-order chi connectivity index (χ1) is 29.1. The minimum Gasteiger partial charge on any atom is -0.456 e. The van der Waals surface area contributed by atoms with Gasteiger partial charge < -0.3 is 9.32 Å². The predicted octanol–water partition coefficient (Wildman–Crippen LogP) is 15.3. The van der Waals surface area contributed by atoms with Gasteiger partial charge in [0, 0.05) is 27.8 Å². The Balaban J connectivity index is 1.18. The summed E-state index contributed by atoms with van der Waals surface area (Å²) in [4.78, 5) is 2.43. The van der Waals surface area contributed by atoms with Gasteiger partial charge in [0.1, 0.15) is 11.2 Å². The Morgan fingerprint density at radius 1 is 0.542 bits per heavy atom. The van der Waals surface area contributed by atoms with Gasteiger partial charge >= 0.3 is 0 Å². The number of anilines is 3. The van der Waals surface area contributed by atoms with Gasteiger partial charge in [-0.2, -0.15) is 0 Å². The summed E-state index contributed by atoms with van der Waals surface area (Å²) in [6.45, 7) is 5.99. The molecule has 0 N–H and O–H groups in total. The summed E-state index contributed by atoms with van der Waals surface area (Å²) >= 11 is 0. The lowest BCUT2D eigenvalue weighted by atomic mass is 9.67. The summed E-state index contributed by atoms with van der Waals surface area (Å²) < 4.78 is 6.21. The Hall–Kier alpha value is -7.42. The van der Waals surface area contributed by atoms with E-state index in [0.29, 0.717) is 0 Å². The van der Waals surface area contributed by atoms with Gasteiger partial charge in [-0.15, -0.1) is 0 Å². The van der Waals surface area contributed by atoms with Gasteiger partial charge in [0.05, 0.1) is 5.41 Å². The highest BCUT2D eigenvalue weighted by Gasteiger charge is 2.46. The molecule has 1 heterocycles. The molecule has 0 fully saturated rings. The van der Waals surface area contributed by atoms with Crippen LogP contribution in [-0.4, -0.2) is 0 Å². The third kappa shape index (κ3) is 6.22. The molecule has 2 heteroatoms. The molecule has 0 amide bonds. The van der Waals surface area contributed by atoms with E-state index in [0.717, 1.165) is 56.5 Å². The van der Waals surface area contributed by atoms with Crippen molar-refractivity contribution in [2.75, 3.05) is 4.90 Å². The summed E-state index contributed by atoms with van der Waals surface area (Å²) in [5.74, 6) is 0. The molecule has 0 bridgehead atoms. The van der Waals surface area contributed by atoms with Crippen molar-refractivity contribution in [1.29, 1.82) is 0 Å². The van der Waals surface area contributed by atoms with Crippen LogP contribution in [0, 0.1) is 0 Å². The zero-order valence-corrected chi connectivity index (χ0v) is 33.1. The highest BCUT2D eigenvalue weighted by Crippen LogP contribution is 2.57. The van der Waals surface area contributed by atoms with E-state index in [1.54, 1.807) is 0 Å². The summed E-state index contributed by atoms with van der Waals surface area (Å²) in [5.41, 5.74) is 16.9. The van der Waals surface area contributed by atoms with Crippen LogP contribution in [0.4, 0.5) is 17.1 Å². The lowest BCUT2D eigenvalue weighted by molar-refractivity contribution is 0.669. The van der Waals surface area contributed by atoms with E-state index in [-0.39, 0.29) is 0 Å². The quantitative estimate of drug-likeness (QED) is 0.129. The molecule has 0 saturated carbocycles. The molecule has 59 heavy (non-hydrogen) atoms. The molecule has 0 radical (unpaired) electrons. The Labute approximate surface area is 346 Å². The highest BCUT2D eigenvalue weighted by molar-refractivity contribution is 6.06. The van der Waals surface area contributed by atoms with Crippen LogP contribution in [0.2, 0.25) is 0 Å². The molecule has 9 aromatic rings. The largest absolute Gasteiger partial charge is 0.456 e. The minimum absolute atomic E-state index is 0.513. The van der Waals surface area contributed by atoms with Crippen molar-refractivity contribution in [3.05, 3.63) is 258 Å². The number of nitrogens with zero attached hydrogens (tertiary/aromatic N) is 1. The molecule has 2 nitrogen and oxygen atoms in total. The van der Waals surface area contributed by atoms with Crippen molar-refractivity contribution >= 4 is 39.0 Å². The molecule has 1 aromatic heterocycles. The lowest BCUT2D eigenvalue weighted by Gasteiger charge is -2.35. The van der Waals surface area contributed by atoms with Gasteiger partial charge in [0.2, 0.25) is 0 Å². The second kappa shape index (κ2) is 15.2. The van der Waals surface area contributed by atoms with Crippen LogP contribution in [0.25, 0.3) is 44.2 Å². The third-order valence-corrected chi connectivity index (χ3v) is 11.9. The number of fused-ring (bicyclic) bond motifs is 6. The van der Waals surface area contributed by atoms with Gasteiger partial charge in [-0.3, -0.25) is 0 Å². The average molecular weight is 758 g/mol. The van der Waals surface area contributed by atoms with E-state index in [2.05, 4.69) is 213 Å². The van der Waals surface area contributed by atoms with Gasteiger partial charge in [-0.25, -0.2) is 0 Å². The molecular formula is C57H43NO. The average Bonchev–Trinajstić information content (AvgIpc) is 3.82. The maximum Gasteiger partial charge on any atom is 0.135 e. The fourth-order valence-electron chi connectivity index (χ4n) is 9.24. The number of para-hydroxylation sites is 1. The van der Waals surface area contributed by atoms with Crippen LogP contribution in [0.15, 0.2) is 235 Å². The van der Waals surface area contributed by atoms with E-state index in [9.17, 15) is 0 Å². The second-order valence-electron chi connectivity index (χ2n) is 15.3. The van der Waals surface area contributed by atoms with E-state index >= 15 is 0 Å². The Morgan fingerprint density at radius 3 is 1.97 bits per heavy atom. The van der Waals surface area contributed by atoms with E-state index in [1.807, 2.05) is 24.3 Å². The molecule has 1 aliphatic carbocycles. The maximum atomic E-state index is 6.21. The summed E-state index contributed by atoms with van der Waals surface area (Å²) in [7, 11) is 0. The van der Waals surface area contributed by atoms with Crippen LogP contribution in [0.3, 0.4) is 0 Å². The summed E-state index contributed by atoms with van der Waals surface area (Å²) in [5, 5.41) is 2.25. The molecular weight excluding hydrogens is 715 g/mol. The number of hydrogen-bond acceptors (Lipinski definition) is 2. The molecule has 10 rings (SSSR count). The van der Waals surface area contributed by atoms with Crippen molar-refractivity contribution in [3.8, 4) is 22.3 Å². The first kappa shape index (κ1) is 36.0. The van der Waals surface area contributed by atoms with E-state index < -0.39 is 5.41 Å². The third-order valence-electron chi connectivity index (χ3n) is 11.9. The maximum absolute atomic E-state index is 6.21. The predicted molar refractivity (Wildman–Crippen MR) is 248 cm³/mol. The number of hydrogen-bond donors (Lipinski definition) is 0. The lowest BCUT2D eigenvalue weighted by Crippen LogP contribution is -2.28. The fourth-order valence-corrected chi connectivity index (χ4v) is 9.24. The highest BCUT2D eigenvalue weighted by atomic mass is 16.3. The Kier molecular flexibility index (Phi) is 9.24.